The summed E-state index contributed by atoms with van der Waals surface area (Å²) in [7, 11) is 2.17. The van der Waals surface area contributed by atoms with Gasteiger partial charge in [0.15, 0.2) is 0 Å². The maximum absolute atomic E-state index is 5.68. The molecule has 0 aromatic rings. The molecule has 2 saturated carbocycles. The van der Waals surface area contributed by atoms with Crippen molar-refractivity contribution in [2.45, 2.75) is 77.4 Å². The van der Waals surface area contributed by atoms with Crippen LogP contribution in [0, 0.1) is 17.8 Å². The Kier molecular flexibility index (Phi) is 6.15. The average Bonchev–Trinajstić information content (AvgIpc) is 2.41. The van der Waals surface area contributed by atoms with Gasteiger partial charge in [-0.1, -0.05) is 26.2 Å². The molecular formula is C17H33NO. The van der Waals surface area contributed by atoms with Crippen LogP contribution in [-0.4, -0.2) is 25.8 Å². The van der Waals surface area contributed by atoms with E-state index in [1.807, 2.05) is 0 Å². The fourth-order valence-electron chi connectivity index (χ4n) is 4.21. The average molecular weight is 267 g/mol. The van der Waals surface area contributed by atoms with E-state index < -0.39 is 0 Å². The van der Waals surface area contributed by atoms with E-state index in [2.05, 4.69) is 26.2 Å². The van der Waals surface area contributed by atoms with Crippen molar-refractivity contribution in [2.24, 2.45) is 17.8 Å². The monoisotopic (exact) mass is 267 g/mol. The zero-order valence-electron chi connectivity index (χ0n) is 13.2. The lowest BCUT2D eigenvalue weighted by Gasteiger charge is -2.40. The molecule has 0 aliphatic heterocycles. The molecule has 19 heavy (non-hydrogen) atoms. The predicted octanol–water partition coefficient (Wildman–Crippen LogP) is 4.00. The van der Waals surface area contributed by atoms with Crippen LogP contribution in [0.1, 0.15) is 65.2 Å². The number of hydrogen-bond acceptors (Lipinski definition) is 2. The van der Waals surface area contributed by atoms with Gasteiger partial charge in [0.25, 0.3) is 0 Å². The summed E-state index contributed by atoms with van der Waals surface area (Å²) in [5.41, 5.74) is 0. The molecule has 0 saturated heterocycles. The molecule has 0 aromatic heterocycles. The van der Waals surface area contributed by atoms with Gasteiger partial charge in [0.2, 0.25) is 0 Å². The summed E-state index contributed by atoms with van der Waals surface area (Å²) in [4.78, 5) is 0. The number of ether oxygens (including phenoxy) is 1. The largest absolute Gasteiger partial charge is 0.378 e. The summed E-state index contributed by atoms with van der Waals surface area (Å²) in [6.07, 6.45) is 11.8. The molecule has 2 fully saturated rings. The van der Waals surface area contributed by atoms with Crippen LogP contribution in [0.5, 0.6) is 0 Å². The second kappa shape index (κ2) is 7.64. The lowest BCUT2D eigenvalue weighted by molar-refractivity contribution is -0.0314. The third kappa shape index (κ3) is 4.19. The van der Waals surface area contributed by atoms with Crippen molar-refractivity contribution >= 4 is 0 Å². The van der Waals surface area contributed by atoms with Crippen molar-refractivity contribution in [1.29, 1.82) is 0 Å². The minimum absolute atomic E-state index is 0.572. The van der Waals surface area contributed by atoms with Gasteiger partial charge in [0.05, 0.1) is 6.10 Å². The minimum Gasteiger partial charge on any atom is -0.378 e. The van der Waals surface area contributed by atoms with Crippen molar-refractivity contribution in [2.75, 3.05) is 13.7 Å². The molecule has 2 nitrogen and oxygen atoms in total. The van der Waals surface area contributed by atoms with E-state index in [1.165, 1.54) is 51.4 Å². The Morgan fingerprint density at radius 2 is 1.89 bits per heavy atom. The predicted molar refractivity (Wildman–Crippen MR) is 81.3 cm³/mol. The Morgan fingerprint density at radius 3 is 2.53 bits per heavy atom. The van der Waals surface area contributed by atoms with Gasteiger partial charge in [0, 0.05) is 12.6 Å². The van der Waals surface area contributed by atoms with E-state index in [1.54, 1.807) is 0 Å². The lowest BCUT2D eigenvalue weighted by atomic mass is 9.71. The third-order valence-corrected chi connectivity index (χ3v) is 5.52. The fraction of sp³-hybridized carbons (Fsp3) is 1.00. The van der Waals surface area contributed by atoms with Gasteiger partial charge in [-0.05, 0) is 63.8 Å². The Morgan fingerprint density at radius 1 is 1.11 bits per heavy atom. The van der Waals surface area contributed by atoms with Crippen LogP contribution < -0.4 is 5.32 Å². The molecule has 2 rings (SSSR count). The molecule has 0 amide bonds. The Hall–Kier alpha value is -0.0800. The summed E-state index contributed by atoms with van der Waals surface area (Å²) in [5, 5.41) is 3.62. The number of nitrogens with one attached hydrogen (secondary N) is 1. The van der Waals surface area contributed by atoms with E-state index >= 15 is 0 Å². The van der Waals surface area contributed by atoms with Crippen molar-refractivity contribution in [3.63, 3.8) is 0 Å². The first kappa shape index (κ1) is 15.3. The van der Waals surface area contributed by atoms with Gasteiger partial charge in [-0.15, -0.1) is 0 Å². The van der Waals surface area contributed by atoms with Crippen LogP contribution in [-0.2, 0) is 4.74 Å². The van der Waals surface area contributed by atoms with Crippen LogP contribution in [0.2, 0.25) is 0 Å². The van der Waals surface area contributed by atoms with E-state index in [4.69, 9.17) is 4.74 Å². The van der Waals surface area contributed by atoms with Gasteiger partial charge in [0.1, 0.15) is 0 Å². The van der Waals surface area contributed by atoms with Gasteiger partial charge in [-0.3, -0.25) is 0 Å². The standard InChI is InChI=1S/C17H33NO/c1-4-13-7-6-8-15(9-13)17(18-3)12-14-10-16(11-14)19-5-2/h13-18H,4-12H2,1-3H3. The summed E-state index contributed by atoms with van der Waals surface area (Å²) in [6.45, 7) is 5.35. The molecule has 3 unspecified atom stereocenters. The van der Waals surface area contributed by atoms with E-state index in [0.29, 0.717) is 6.10 Å². The first-order chi connectivity index (χ1) is 9.26. The summed E-state index contributed by atoms with van der Waals surface area (Å²) >= 11 is 0. The molecular weight excluding hydrogens is 234 g/mol. The highest BCUT2D eigenvalue weighted by Crippen LogP contribution is 2.39. The van der Waals surface area contributed by atoms with E-state index in [0.717, 1.165) is 30.4 Å². The normalized spacial score (nSPS) is 36.8. The molecule has 0 bridgehead atoms. The molecule has 0 radical (unpaired) electrons. The van der Waals surface area contributed by atoms with Gasteiger partial charge < -0.3 is 10.1 Å². The molecule has 2 aliphatic carbocycles. The first-order valence-corrected chi connectivity index (χ1v) is 8.55. The van der Waals surface area contributed by atoms with E-state index in [-0.39, 0.29) is 0 Å². The molecule has 3 atom stereocenters. The highest BCUT2D eigenvalue weighted by molar-refractivity contribution is 4.88. The number of hydrogen-bond donors (Lipinski definition) is 1. The SMILES string of the molecule is CCOC1CC(CC(NC)C2CCCC(CC)C2)C1. The second-order valence-corrected chi connectivity index (χ2v) is 6.75. The Bertz CT molecular complexity index is 250. The summed E-state index contributed by atoms with van der Waals surface area (Å²) < 4.78 is 5.68. The van der Waals surface area contributed by atoms with E-state index in [9.17, 15) is 0 Å². The lowest BCUT2D eigenvalue weighted by Crippen LogP contribution is -2.42. The number of rotatable bonds is 7. The first-order valence-electron chi connectivity index (χ1n) is 8.55. The van der Waals surface area contributed by atoms with Crippen molar-refractivity contribution in [1.82, 2.24) is 5.32 Å². The molecule has 2 aliphatic rings. The Balaban J connectivity index is 1.74. The van der Waals surface area contributed by atoms with Crippen LogP contribution in [0.15, 0.2) is 0 Å². The van der Waals surface area contributed by atoms with Crippen molar-refractivity contribution in [3.05, 3.63) is 0 Å². The zero-order chi connectivity index (χ0) is 13.7. The molecule has 112 valence electrons. The maximum atomic E-state index is 5.68. The quantitative estimate of drug-likeness (QED) is 0.753. The van der Waals surface area contributed by atoms with Crippen LogP contribution in [0.25, 0.3) is 0 Å². The second-order valence-electron chi connectivity index (χ2n) is 6.75. The summed E-state index contributed by atoms with van der Waals surface area (Å²) in [5.74, 6) is 2.83. The molecule has 0 spiro atoms. The van der Waals surface area contributed by atoms with Gasteiger partial charge in [-0.2, -0.15) is 0 Å². The molecule has 1 N–H and O–H groups in total. The maximum Gasteiger partial charge on any atom is 0.0580 e. The molecule has 2 heteroatoms. The van der Waals surface area contributed by atoms with Gasteiger partial charge >= 0.3 is 0 Å². The van der Waals surface area contributed by atoms with Crippen LogP contribution in [0.4, 0.5) is 0 Å². The highest BCUT2D eigenvalue weighted by Gasteiger charge is 2.34. The van der Waals surface area contributed by atoms with Crippen molar-refractivity contribution in [3.8, 4) is 0 Å². The molecule has 0 aromatic carbocycles. The minimum atomic E-state index is 0.572. The Labute approximate surface area is 119 Å². The smallest absolute Gasteiger partial charge is 0.0580 e. The molecule has 0 heterocycles. The van der Waals surface area contributed by atoms with Crippen LogP contribution >= 0.6 is 0 Å². The van der Waals surface area contributed by atoms with Crippen molar-refractivity contribution < 1.29 is 4.74 Å². The summed E-state index contributed by atoms with van der Waals surface area (Å²) in [6, 6.07) is 0.752. The third-order valence-electron chi connectivity index (χ3n) is 5.52. The van der Waals surface area contributed by atoms with Crippen LogP contribution in [0.3, 0.4) is 0 Å². The fourth-order valence-corrected chi connectivity index (χ4v) is 4.21. The van der Waals surface area contributed by atoms with Gasteiger partial charge in [-0.25, -0.2) is 0 Å². The highest BCUT2D eigenvalue weighted by atomic mass is 16.5. The topological polar surface area (TPSA) is 21.3 Å². The zero-order valence-corrected chi connectivity index (χ0v) is 13.2.